The smallest absolute Gasteiger partial charge is 0.123 e. The lowest BCUT2D eigenvalue weighted by Gasteiger charge is -2.14. The number of phenolic OH excluding ortho intramolecular Hbond substituents is 1. The monoisotopic (exact) mass is 197 g/mol. The van der Waals surface area contributed by atoms with Crippen molar-refractivity contribution < 1.29 is 14.6 Å². The van der Waals surface area contributed by atoms with Crippen molar-refractivity contribution in [1.82, 2.24) is 0 Å². The van der Waals surface area contributed by atoms with Gasteiger partial charge in [-0.2, -0.15) is 0 Å². The van der Waals surface area contributed by atoms with Gasteiger partial charge in [-0.1, -0.05) is 0 Å². The Morgan fingerprint density at radius 1 is 1.43 bits per heavy atom. The summed E-state index contributed by atoms with van der Waals surface area (Å²) in [5.41, 5.74) is 6.58. The van der Waals surface area contributed by atoms with E-state index in [1.54, 1.807) is 32.4 Å². The number of ether oxygens (including phenoxy) is 2. The molecule has 1 atom stereocenters. The molecule has 0 unspecified atom stereocenters. The quantitative estimate of drug-likeness (QED) is 0.757. The summed E-state index contributed by atoms with van der Waals surface area (Å²) >= 11 is 0. The van der Waals surface area contributed by atoms with Crippen LogP contribution in [-0.4, -0.2) is 25.9 Å². The summed E-state index contributed by atoms with van der Waals surface area (Å²) < 4.78 is 10.1. The highest BCUT2D eigenvalue weighted by Gasteiger charge is 2.12. The van der Waals surface area contributed by atoms with Crippen LogP contribution in [0.15, 0.2) is 18.2 Å². The van der Waals surface area contributed by atoms with Crippen molar-refractivity contribution in [2.24, 2.45) is 5.73 Å². The molecule has 0 amide bonds. The molecular weight excluding hydrogens is 182 g/mol. The lowest BCUT2D eigenvalue weighted by Crippen LogP contribution is -2.16. The molecule has 1 aromatic carbocycles. The van der Waals surface area contributed by atoms with Gasteiger partial charge in [-0.3, -0.25) is 0 Å². The first-order valence-electron chi connectivity index (χ1n) is 4.30. The maximum atomic E-state index is 9.30. The summed E-state index contributed by atoms with van der Waals surface area (Å²) in [6.45, 7) is 0.389. The molecule has 14 heavy (non-hydrogen) atoms. The molecule has 0 aliphatic heterocycles. The predicted octanol–water partition coefficient (Wildman–Crippen LogP) is 1.05. The minimum Gasteiger partial charge on any atom is -0.508 e. The molecule has 0 fully saturated rings. The molecule has 4 heteroatoms. The largest absolute Gasteiger partial charge is 0.508 e. The molecule has 0 saturated carbocycles. The maximum absolute atomic E-state index is 9.30. The number of methoxy groups -OCH3 is 2. The topological polar surface area (TPSA) is 64.7 Å². The van der Waals surface area contributed by atoms with E-state index >= 15 is 0 Å². The minimum absolute atomic E-state index is 0.173. The molecule has 0 bridgehead atoms. The molecule has 1 aromatic rings. The van der Waals surface area contributed by atoms with Gasteiger partial charge < -0.3 is 20.3 Å². The third kappa shape index (κ3) is 2.37. The SMILES string of the molecule is COC[C@H](N)c1cc(O)ccc1OC. The standard InChI is InChI=1S/C10H15NO3/c1-13-6-9(11)8-5-7(12)3-4-10(8)14-2/h3-5,9,12H,6,11H2,1-2H3/t9-/m0/s1. The highest BCUT2D eigenvalue weighted by Crippen LogP contribution is 2.27. The molecule has 78 valence electrons. The molecule has 0 spiro atoms. The minimum atomic E-state index is -0.290. The van der Waals surface area contributed by atoms with E-state index in [1.165, 1.54) is 0 Å². The van der Waals surface area contributed by atoms with Crippen LogP contribution in [0.5, 0.6) is 11.5 Å². The van der Waals surface area contributed by atoms with E-state index in [0.29, 0.717) is 12.4 Å². The number of hydrogen-bond acceptors (Lipinski definition) is 4. The van der Waals surface area contributed by atoms with Crippen LogP contribution in [0.4, 0.5) is 0 Å². The number of hydrogen-bond donors (Lipinski definition) is 2. The van der Waals surface area contributed by atoms with E-state index in [2.05, 4.69) is 0 Å². The summed E-state index contributed by atoms with van der Waals surface area (Å²) in [6.07, 6.45) is 0. The summed E-state index contributed by atoms with van der Waals surface area (Å²) in [7, 11) is 3.14. The Labute approximate surface area is 83.3 Å². The maximum Gasteiger partial charge on any atom is 0.123 e. The first-order valence-corrected chi connectivity index (χ1v) is 4.30. The fourth-order valence-corrected chi connectivity index (χ4v) is 1.28. The lowest BCUT2D eigenvalue weighted by molar-refractivity contribution is 0.179. The van der Waals surface area contributed by atoms with Gasteiger partial charge in [0.1, 0.15) is 11.5 Å². The molecule has 0 radical (unpaired) electrons. The normalized spacial score (nSPS) is 12.5. The molecule has 0 aliphatic rings. The summed E-state index contributed by atoms with van der Waals surface area (Å²) in [6, 6.07) is 4.53. The molecule has 0 saturated heterocycles. The summed E-state index contributed by atoms with van der Waals surface area (Å²) in [5.74, 6) is 0.833. The Bertz CT molecular complexity index is 301. The number of nitrogens with two attached hydrogens (primary N) is 1. The average Bonchev–Trinajstić information content (AvgIpc) is 2.18. The molecule has 0 aliphatic carbocycles. The highest BCUT2D eigenvalue weighted by molar-refractivity contribution is 5.41. The van der Waals surface area contributed by atoms with E-state index in [-0.39, 0.29) is 11.8 Å². The second-order valence-electron chi connectivity index (χ2n) is 2.99. The Morgan fingerprint density at radius 2 is 2.14 bits per heavy atom. The fourth-order valence-electron chi connectivity index (χ4n) is 1.28. The van der Waals surface area contributed by atoms with E-state index < -0.39 is 0 Å². The van der Waals surface area contributed by atoms with Crippen molar-refractivity contribution in [1.29, 1.82) is 0 Å². The van der Waals surface area contributed by atoms with Gasteiger partial charge in [0.2, 0.25) is 0 Å². The Hall–Kier alpha value is -1.26. The zero-order valence-corrected chi connectivity index (χ0v) is 8.36. The third-order valence-electron chi connectivity index (χ3n) is 1.96. The van der Waals surface area contributed by atoms with Crippen LogP contribution in [0.2, 0.25) is 0 Å². The first-order chi connectivity index (χ1) is 6.69. The predicted molar refractivity (Wildman–Crippen MR) is 53.5 cm³/mol. The number of phenols is 1. The molecule has 3 N–H and O–H groups in total. The van der Waals surface area contributed by atoms with E-state index in [4.69, 9.17) is 15.2 Å². The van der Waals surface area contributed by atoms with Crippen LogP contribution < -0.4 is 10.5 Å². The molecule has 0 heterocycles. The van der Waals surface area contributed by atoms with E-state index in [0.717, 1.165) is 5.56 Å². The Morgan fingerprint density at radius 3 is 2.71 bits per heavy atom. The van der Waals surface area contributed by atoms with Crippen LogP contribution in [0, 0.1) is 0 Å². The van der Waals surface area contributed by atoms with Gasteiger partial charge in [-0.25, -0.2) is 0 Å². The second-order valence-corrected chi connectivity index (χ2v) is 2.99. The molecule has 0 aromatic heterocycles. The molecule has 4 nitrogen and oxygen atoms in total. The number of benzene rings is 1. The van der Waals surface area contributed by atoms with Gasteiger partial charge in [0, 0.05) is 12.7 Å². The number of aromatic hydroxyl groups is 1. The van der Waals surface area contributed by atoms with Crippen LogP contribution in [-0.2, 0) is 4.74 Å². The van der Waals surface area contributed by atoms with Crippen molar-refractivity contribution in [3.8, 4) is 11.5 Å². The molecular formula is C10H15NO3. The van der Waals surface area contributed by atoms with Crippen LogP contribution in [0.3, 0.4) is 0 Å². The summed E-state index contributed by atoms with van der Waals surface area (Å²) in [5, 5.41) is 9.30. The van der Waals surface area contributed by atoms with Gasteiger partial charge in [0.15, 0.2) is 0 Å². The highest BCUT2D eigenvalue weighted by atomic mass is 16.5. The van der Waals surface area contributed by atoms with E-state index in [9.17, 15) is 5.11 Å². The van der Waals surface area contributed by atoms with E-state index in [1.807, 2.05) is 0 Å². The van der Waals surface area contributed by atoms with Crippen molar-refractivity contribution >= 4 is 0 Å². The van der Waals surface area contributed by atoms with Gasteiger partial charge >= 0.3 is 0 Å². The van der Waals surface area contributed by atoms with Gasteiger partial charge in [-0.05, 0) is 18.2 Å². The van der Waals surface area contributed by atoms with Crippen LogP contribution in [0.1, 0.15) is 11.6 Å². The molecule has 1 rings (SSSR count). The zero-order chi connectivity index (χ0) is 10.6. The van der Waals surface area contributed by atoms with Crippen LogP contribution >= 0.6 is 0 Å². The van der Waals surface area contributed by atoms with Crippen molar-refractivity contribution in [3.63, 3.8) is 0 Å². The van der Waals surface area contributed by atoms with Crippen molar-refractivity contribution in [2.75, 3.05) is 20.8 Å². The Kier molecular flexibility index (Phi) is 3.73. The van der Waals surface area contributed by atoms with Crippen molar-refractivity contribution in [2.45, 2.75) is 6.04 Å². The van der Waals surface area contributed by atoms with Crippen LogP contribution in [0.25, 0.3) is 0 Å². The second kappa shape index (κ2) is 4.83. The van der Waals surface area contributed by atoms with Gasteiger partial charge in [-0.15, -0.1) is 0 Å². The fraction of sp³-hybridized carbons (Fsp3) is 0.400. The average molecular weight is 197 g/mol. The zero-order valence-electron chi connectivity index (χ0n) is 8.36. The van der Waals surface area contributed by atoms with Crippen molar-refractivity contribution in [3.05, 3.63) is 23.8 Å². The number of rotatable bonds is 4. The van der Waals surface area contributed by atoms with Gasteiger partial charge in [0.25, 0.3) is 0 Å². The Balaban J connectivity index is 2.97. The van der Waals surface area contributed by atoms with Gasteiger partial charge in [0.05, 0.1) is 19.8 Å². The lowest BCUT2D eigenvalue weighted by atomic mass is 10.1. The first kappa shape index (κ1) is 10.8. The summed E-state index contributed by atoms with van der Waals surface area (Å²) in [4.78, 5) is 0. The third-order valence-corrected chi connectivity index (χ3v) is 1.96.